The number of halogens is 3. The average molecular weight is 366 g/mol. The second kappa shape index (κ2) is 6.72. The van der Waals surface area contributed by atoms with Gasteiger partial charge < -0.3 is 10.1 Å². The van der Waals surface area contributed by atoms with Gasteiger partial charge in [0.1, 0.15) is 11.3 Å². The quantitative estimate of drug-likeness (QED) is 0.739. The lowest BCUT2D eigenvalue weighted by molar-refractivity contribution is -0.137. The van der Waals surface area contributed by atoms with Crippen LogP contribution in [0.5, 0.6) is 5.75 Å². The molecule has 25 heavy (non-hydrogen) atoms. The minimum absolute atomic E-state index is 0.0365. The summed E-state index contributed by atoms with van der Waals surface area (Å²) in [6, 6.07) is 9.98. The Morgan fingerprint density at radius 3 is 2.56 bits per heavy atom. The van der Waals surface area contributed by atoms with E-state index < -0.39 is 11.7 Å². The Morgan fingerprint density at radius 2 is 1.92 bits per heavy atom. The molecule has 0 saturated heterocycles. The lowest BCUT2D eigenvalue weighted by Gasteiger charge is -2.07. The largest absolute Gasteiger partial charge is 0.494 e. The molecular formula is C17H13F3N2O2S. The zero-order chi connectivity index (χ0) is 18.0. The normalized spacial score (nSPS) is 11.5. The number of nitrogens with one attached hydrogen (secondary N) is 1. The van der Waals surface area contributed by atoms with Gasteiger partial charge in [-0.25, -0.2) is 4.98 Å². The second-order valence-corrected chi connectivity index (χ2v) is 6.28. The molecule has 0 bridgehead atoms. The number of hydrogen-bond acceptors (Lipinski definition) is 4. The Kier molecular flexibility index (Phi) is 4.63. The lowest BCUT2D eigenvalue weighted by atomic mass is 10.1. The number of amides is 1. The van der Waals surface area contributed by atoms with E-state index in [0.29, 0.717) is 22.0 Å². The number of methoxy groups -OCH3 is 1. The van der Waals surface area contributed by atoms with E-state index in [0.717, 1.165) is 16.8 Å². The van der Waals surface area contributed by atoms with Crippen molar-refractivity contribution in [3.8, 4) is 5.75 Å². The van der Waals surface area contributed by atoms with Crippen LogP contribution in [0.15, 0.2) is 42.5 Å². The van der Waals surface area contributed by atoms with Gasteiger partial charge >= 0.3 is 6.18 Å². The number of aromatic nitrogens is 1. The molecule has 1 N–H and O–H groups in total. The van der Waals surface area contributed by atoms with Gasteiger partial charge in [0.25, 0.3) is 0 Å². The highest BCUT2D eigenvalue weighted by Crippen LogP contribution is 2.32. The van der Waals surface area contributed by atoms with Crippen LogP contribution in [0.2, 0.25) is 0 Å². The molecule has 1 aromatic heterocycles. The summed E-state index contributed by atoms with van der Waals surface area (Å²) in [6.45, 7) is 0. The fourth-order valence-corrected chi connectivity index (χ4v) is 3.20. The van der Waals surface area contributed by atoms with Gasteiger partial charge in [-0.05, 0) is 29.8 Å². The molecule has 0 spiro atoms. The third-order valence-corrected chi connectivity index (χ3v) is 4.43. The summed E-state index contributed by atoms with van der Waals surface area (Å²) in [7, 11) is 1.54. The average Bonchev–Trinajstić information content (AvgIpc) is 2.96. The number of fused-ring (bicyclic) bond motifs is 1. The molecule has 0 radical (unpaired) electrons. The van der Waals surface area contributed by atoms with Crippen LogP contribution in [0.25, 0.3) is 10.2 Å². The standard InChI is InChI=1S/C17H13F3N2O2S/c1-24-12-3-2-4-13-15(12)22-16(25-13)21-14(23)9-10-5-7-11(8-6-10)17(18,19)20/h2-8H,9H2,1H3,(H,21,22,23). The van der Waals surface area contributed by atoms with Crippen LogP contribution in [0.3, 0.4) is 0 Å². The number of rotatable bonds is 4. The molecule has 2 aromatic carbocycles. The Hall–Kier alpha value is -2.61. The van der Waals surface area contributed by atoms with Crippen molar-refractivity contribution in [2.24, 2.45) is 0 Å². The number of carbonyl (C=O) groups is 1. The van der Waals surface area contributed by atoms with Crippen molar-refractivity contribution in [1.82, 2.24) is 4.98 Å². The smallest absolute Gasteiger partial charge is 0.416 e. The van der Waals surface area contributed by atoms with Gasteiger partial charge in [0.15, 0.2) is 5.13 Å². The molecule has 0 aliphatic carbocycles. The fourth-order valence-electron chi connectivity index (χ4n) is 2.30. The van der Waals surface area contributed by atoms with Crippen LogP contribution in [-0.2, 0) is 17.4 Å². The van der Waals surface area contributed by atoms with Gasteiger partial charge in [0.05, 0.1) is 23.8 Å². The first-order valence-corrected chi connectivity index (χ1v) is 8.08. The summed E-state index contributed by atoms with van der Waals surface area (Å²) >= 11 is 1.30. The maximum Gasteiger partial charge on any atom is 0.416 e. The maximum atomic E-state index is 12.5. The molecule has 3 rings (SSSR count). The minimum atomic E-state index is -4.39. The van der Waals surface area contributed by atoms with Crippen LogP contribution >= 0.6 is 11.3 Å². The van der Waals surface area contributed by atoms with Crippen molar-refractivity contribution in [3.05, 3.63) is 53.6 Å². The lowest BCUT2D eigenvalue weighted by Crippen LogP contribution is -2.14. The van der Waals surface area contributed by atoms with E-state index in [1.54, 1.807) is 6.07 Å². The number of para-hydroxylation sites is 1. The van der Waals surface area contributed by atoms with E-state index >= 15 is 0 Å². The first kappa shape index (κ1) is 17.2. The predicted octanol–water partition coefficient (Wildman–Crippen LogP) is 4.50. The predicted molar refractivity (Wildman–Crippen MR) is 89.9 cm³/mol. The van der Waals surface area contributed by atoms with Crippen molar-refractivity contribution < 1.29 is 22.7 Å². The Labute approximate surface area is 145 Å². The summed E-state index contributed by atoms with van der Waals surface area (Å²) in [6.07, 6.45) is -4.42. The summed E-state index contributed by atoms with van der Waals surface area (Å²) in [4.78, 5) is 16.4. The molecule has 130 valence electrons. The van der Waals surface area contributed by atoms with Crippen molar-refractivity contribution in [3.63, 3.8) is 0 Å². The Bertz CT molecular complexity index is 904. The topological polar surface area (TPSA) is 51.2 Å². The molecule has 0 unspecified atom stereocenters. The SMILES string of the molecule is COc1cccc2sc(NC(=O)Cc3ccc(C(F)(F)F)cc3)nc12. The Morgan fingerprint density at radius 1 is 1.20 bits per heavy atom. The van der Waals surface area contributed by atoms with Crippen molar-refractivity contribution in [2.45, 2.75) is 12.6 Å². The van der Waals surface area contributed by atoms with Gasteiger partial charge in [-0.2, -0.15) is 13.2 Å². The van der Waals surface area contributed by atoms with E-state index in [9.17, 15) is 18.0 Å². The second-order valence-electron chi connectivity index (χ2n) is 5.25. The summed E-state index contributed by atoms with van der Waals surface area (Å²) in [5, 5.41) is 3.08. The Balaban J connectivity index is 1.70. The zero-order valence-corrected chi connectivity index (χ0v) is 13.9. The third kappa shape index (κ3) is 3.90. The summed E-state index contributed by atoms with van der Waals surface area (Å²) in [5.74, 6) is 0.259. The molecule has 8 heteroatoms. The van der Waals surface area contributed by atoms with Gasteiger partial charge in [-0.15, -0.1) is 0 Å². The van der Waals surface area contributed by atoms with Crippen LogP contribution in [0, 0.1) is 0 Å². The zero-order valence-electron chi connectivity index (χ0n) is 13.1. The van der Waals surface area contributed by atoms with Gasteiger partial charge in [0, 0.05) is 0 Å². The number of alkyl halides is 3. The minimum Gasteiger partial charge on any atom is -0.494 e. The van der Waals surface area contributed by atoms with Crippen molar-refractivity contribution in [2.75, 3.05) is 12.4 Å². The first-order chi connectivity index (χ1) is 11.9. The molecule has 1 amide bonds. The molecular weight excluding hydrogens is 353 g/mol. The van der Waals surface area contributed by atoms with Crippen LogP contribution in [0.1, 0.15) is 11.1 Å². The first-order valence-electron chi connectivity index (χ1n) is 7.26. The van der Waals surface area contributed by atoms with E-state index in [2.05, 4.69) is 10.3 Å². The molecule has 0 fully saturated rings. The molecule has 1 heterocycles. The number of benzene rings is 2. The number of ether oxygens (including phenoxy) is 1. The van der Waals surface area contributed by atoms with Gasteiger partial charge in [-0.1, -0.05) is 29.5 Å². The van der Waals surface area contributed by atoms with Crippen molar-refractivity contribution in [1.29, 1.82) is 0 Å². The third-order valence-electron chi connectivity index (χ3n) is 3.49. The van der Waals surface area contributed by atoms with E-state index in [1.165, 1.54) is 30.6 Å². The van der Waals surface area contributed by atoms with E-state index in [1.807, 2.05) is 12.1 Å². The highest BCUT2D eigenvalue weighted by molar-refractivity contribution is 7.22. The van der Waals surface area contributed by atoms with E-state index in [4.69, 9.17) is 4.74 Å². The fraction of sp³-hybridized carbons (Fsp3) is 0.176. The van der Waals surface area contributed by atoms with Crippen molar-refractivity contribution >= 4 is 32.6 Å². The highest BCUT2D eigenvalue weighted by Gasteiger charge is 2.29. The number of carbonyl (C=O) groups excluding carboxylic acids is 1. The highest BCUT2D eigenvalue weighted by atomic mass is 32.1. The van der Waals surface area contributed by atoms with Gasteiger partial charge in [-0.3, -0.25) is 4.79 Å². The number of anilines is 1. The van der Waals surface area contributed by atoms with E-state index in [-0.39, 0.29) is 12.3 Å². The molecule has 3 aromatic rings. The summed E-state index contributed by atoms with van der Waals surface area (Å²) < 4.78 is 43.7. The molecule has 4 nitrogen and oxygen atoms in total. The monoisotopic (exact) mass is 366 g/mol. The summed E-state index contributed by atoms with van der Waals surface area (Å²) in [5.41, 5.74) is 0.402. The molecule has 0 atom stereocenters. The number of nitrogens with zero attached hydrogens (tertiary/aromatic N) is 1. The molecule has 0 aliphatic rings. The van der Waals surface area contributed by atoms with Crippen LogP contribution in [-0.4, -0.2) is 18.0 Å². The van der Waals surface area contributed by atoms with Crippen LogP contribution in [0.4, 0.5) is 18.3 Å². The molecule has 0 saturated carbocycles. The maximum absolute atomic E-state index is 12.5. The van der Waals surface area contributed by atoms with Gasteiger partial charge in [0.2, 0.25) is 5.91 Å². The van der Waals surface area contributed by atoms with Crippen LogP contribution < -0.4 is 10.1 Å². The molecule has 0 aliphatic heterocycles. The number of thiazole rings is 1. The number of hydrogen-bond donors (Lipinski definition) is 1.